The zero-order chi connectivity index (χ0) is 39.7. The molecule has 1 rings (SSSR count). The molecule has 1 saturated heterocycles. The van der Waals surface area contributed by atoms with Crippen molar-refractivity contribution >= 4 is 5.91 Å². The van der Waals surface area contributed by atoms with Gasteiger partial charge in [-0.05, 0) is 44.9 Å². The van der Waals surface area contributed by atoms with Crippen molar-refractivity contribution in [1.82, 2.24) is 5.32 Å². The number of aliphatic hydroxyl groups is 6. The van der Waals surface area contributed by atoms with Gasteiger partial charge in [0.05, 0.1) is 25.4 Å². The summed E-state index contributed by atoms with van der Waals surface area (Å²) in [6.45, 7) is 3.57. The number of allylic oxidation sites excluding steroid dienone is 3. The highest BCUT2D eigenvalue weighted by molar-refractivity contribution is 5.80. The normalized spacial score (nSPS) is 22.3. The fourth-order valence-electron chi connectivity index (χ4n) is 6.92. The van der Waals surface area contributed by atoms with E-state index in [0.717, 1.165) is 44.9 Å². The molecular formula is C44H83NO9. The van der Waals surface area contributed by atoms with Crippen molar-refractivity contribution in [3.05, 3.63) is 24.3 Å². The van der Waals surface area contributed by atoms with E-state index in [1.165, 1.54) is 122 Å². The number of hydrogen-bond donors (Lipinski definition) is 7. The van der Waals surface area contributed by atoms with E-state index >= 15 is 0 Å². The molecule has 1 fully saturated rings. The molecule has 54 heavy (non-hydrogen) atoms. The van der Waals surface area contributed by atoms with Crippen molar-refractivity contribution in [2.75, 3.05) is 13.2 Å². The molecule has 1 amide bonds. The molecule has 1 aliphatic rings. The molecule has 0 aromatic heterocycles. The van der Waals surface area contributed by atoms with Gasteiger partial charge in [0.2, 0.25) is 5.91 Å². The Morgan fingerprint density at radius 2 is 1.07 bits per heavy atom. The monoisotopic (exact) mass is 770 g/mol. The molecule has 8 atom stereocenters. The third-order valence-corrected chi connectivity index (χ3v) is 10.6. The van der Waals surface area contributed by atoms with Crippen LogP contribution in [0.2, 0.25) is 0 Å². The van der Waals surface area contributed by atoms with Gasteiger partial charge in [0.1, 0.15) is 30.5 Å². The largest absolute Gasteiger partial charge is 0.394 e. The van der Waals surface area contributed by atoms with Gasteiger partial charge in [0.25, 0.3) is 0 Å². The summed E-state index contributed by atoms with van der Waals surface area (Å²) >= 11 is 0. The quantitative estimate of drug-likeness (QED) is 0.0250. The molecule has 10 nitrogen and oxygen atoms in total. The maximum absolute atomic E-state index is 13.0. The van der Waals surface area contributed by atoms with Crippen LogP contribution >= 0.6 is 0 Å². The maximum atomic E-state index is 13.0. The molecule has 7 N–H and O–H groups in total. The van der Waals surface area contributed by atoms with Crippen LogP contribution in [0.4, 0.5) is 0 Å². The molecule has 0 spiro atoms. The van der Waals surface area contributed by atoms with Gasteiger partial charge in [-0.1, -0.05) is 167 Å². The molecule has 1 heterocycles. The predicted molar refractivity (Wildman–Crippen MR) is 218 cm³/mol. The van der Waals surface area contributed by atoms with Crippen LogP contribution in [0.25, 0.3) is 0 Å². The third kappa shape index (κ3) is 25.0. The van der Waals surface area contributed by atoms with Crippen LogP contribution in [0.15, 0.2) is 24.3 Å². The standard InChI is InChI=1S/C44H83NO9/c1-3-5-7-9-11-13-15-17-18-19-20-21-23-24-26-28-30-32-37(47)36(35-53-44-42(51)41(50)40(49)39(34-46)54-44)45-43(52)38(48)33-31-29-27-25-22-16-14-12-10-8-6-4-2/h13,15,30,32,36-42,44,46-51H,3-12,14,16-29,31,33-35H2,1-2H3,(H,45,52)/t36-,37+,38+,39+,40+,41-,42+,44+/m0/s1. The third-order valence-electron chi connectivity index (χ3n) is 10.6. The molecule has 0 radical (unpaired) electrons. The summed E-state index contributed by atoms with van der Waals surface area (Å²) in [5, 5.41) is 64.5. The Morgan fingerprint density at radius 3 is 1.57 bits per heavy atom. The maximum Gasteiger partial charge on any atom is 0.249 e. The second-order valence-electron chi connectivity index (χ2n) is 15.6. The minimum Gasteiger partial charge on any atom is -0.394 e. The Balaban J connectivity index is 2.45. The average molecular weight is 770 g/mol. The Labute approximate surface area is 329 Å². The van der Waals surface area contributed by atoms with Crippen molar-refractivity contribution in [2.24, 2.45) is 0 Å². The van der Waals surface area contributed by atoms with Crippen molar-refractivity contribution in [3.63, 3.8) is 0 Å². The number of rotatable bonds is 36. The lowest BCUT2D eigenvalue weighted by Gasteiger charge is -2.40. The smallest absolute Gasteiger partial charge is 0.249 e. The SMILES string of the molecule is CCCCCCC=CCCCCCCCCCC=C[C@@H](O)[C@H](CO[C@@H]1O[C@H](CO)[C@@H](O)[C@H](O)[C@H]1O)NC(=O)[C@H](O)CCCCCCCCCCCCCC. The zero-order valence-corrected chi connectivity index (χ0v) is 34.3. The first-order valence-corrected chi connectivity index (χ1v) is 22.2. The van der Waals surface area contributed by atoms with E-state index in [2.05, 4.69) is 31.3 Å². The van der Waals surface area contributed by atoms with Crippen molar-refractivity contribution < 1.29 is 44.9 Å². The second kappa shape index (κ2) is 34.8. The van der Waals surface area contributed by atoms with E-state index in [-0.39, 0.29) is 6.61 Å². The minimum absolute atomic E-state index is 0.306. The number of hydrogen-bond acceptors (Lipinski definition) is 9. The number of carbonyl (C=O) groups excluding carboxylic acids is 1. The first-order chi connectivity index (χ1) is 26.3. The number of aliphatic hydroxyl groups excluding tert-OH is 6. The second-order valence-corrected chi connectivity index (χ2v) is 15.6. The lowest BCUT2D eigenvalue weighted by Crippen LogP contribution is -2.60. The molecule has 0 bridgehead atoms. The van der Waals surface area contributed by atoms with Crippen LogP contribution in [-0.4, -0.2) is 98.7 Å². The summed E-state index contributed by atoms with van der Waals surface area (Å²) in [5.41, 5.74) is 0. The van der Waals surface area contributed by atoms with Crippen molar-refractivity contribution in [3.8, 4) is 0 Å². The number of ether oxygens (including phenoxy) is 2. The van der Waals surface area contributed by atoms with Crippen molar-refractivity contribution in [2.45, 2.75) is 236 Å². The Kier molecular flexibility index (Phi) is 32.7. The summed E-state index contributed by atoms with van der Waals surface area (Å²) in [6.07, 6.45) is 29.7. The molecular weight excluding hydrogens is 686 g/mol. The summed E-state index contributed by atoms with van der Waals surface area (Å²) in [4.78, 5) is 13.0. The highest BCUT2D eigenvalue weighted by atomic mass is 16.7. The van der Waals surface area contributed by atoms with Crippen LogP contribution in [0, 0.1) is 0 Å². The Hall–Kier alpha value is -1.37. The van der Waals surface area contributed by atoms with Gasteiger partial charge in [-0.2, -0.15) is 0 Å². The van der Waals surface area contributed by atoms with Gasteiger partial charge in [-0.3, -0.25) is 4.79 Å². The van der Waals surface area contributed by atoms with E-state index in [4.69, 9.17) is 9.47 Å². The topological polar surface area (TPSA) is 169 Å². The molecule has 0 saturated carbocycles. The summed E-state index contributed by atoms with van der Waals surface area (Å²) in [5.74, 6) is -0.619. The summed E-state index contributed by atoms with van der Waals surface area (Å²) in [6, 6.07) is -0.978. The number of nitrogens with one attached hydrogen (secondary N) is 1. The van der Waals surface area contributed by atoms with Gasteiger partial charge in [-0.15, -0.1) is 0 Å². The van der Waals surface area contributed by atoms with Gasteiger partial charge in [0.15, 0.2) is 6.29 Å². The van der Waals surface area contributed by atoms with E-state index in [0.29, 0.717) is 6.42 Å². The fraction of sp³-hybridized carbons (Fsp3) is 0.886. The summed E-state index contributed by atoms with van der Waals surface area (Å²) in [7, 11) is 0. The van der Waals surface area contributed by atoms with Gasteiger partial charge >= 0.3 is 0 Å². The Morgan fingerprint density at radius 1 is 0.630 bits per heavy atom. The average Bonchev–Trinajstić information content (AvgIpc) is 3.17. The zero-order valence-electron chi connectivity index (χ0n) is 34.3. The van der Waals surface area contributed by atoms with E-state index in [1.54, 1.807) is 6.08 Å². The summed E-state index contributed by atoms with van der Waals surface area (Å²) < 4.78 is 11.1. The first-order valence-electron chi connectivity index (χ1n) is 22.2. The van der Waals surface area contributed by atoms with E-state index < -0.39 is 61.5 Å². The van der Waals surface area contributed by atoms with Crippen molar-refractivity contribution in [1.29, 1.82) is 0 Å². The Bertz CT molecular complexity index is 916. The molecule has 318 valence electrons. The molecule has 1 aliphatic heterocycles. The molecule has 0 aromatic rings. The van der Waals surface area contributed by atoms with E-state index in [1.807, 2.05) is 6.08 Å². The number of carbonyl (C=O) groups is 1. The molecule has 0 aromatic carbocycles. The van der Waals surface area contributed by atoms with Crippen LogP contribution < -0.4 is 5.32 Å². The highest BCUT2D eigenvalue weighted by Gasteiger charge is 2.44. The van der Waals surface area contributed by atoms with Crippen LogP contribution in [-0.2, 0) is 14.3 Å². The van der Waals surface area contributed by atoms with Gasteiger partial charge in [0, 0.05) is 0 Å². The fourth-order valence-corrected chi connectivity index (χ4v) is 6.92. The minimum atomic E-state index is -1.61. The van der Waals surface area contributed by atoms with E-state index in [9.17, 15) is 35.4 Å². The first kappa shape index (κ1) is 50.6. The molecule has 10 heteroatoms. The molecule has 0 aliphatic carbocycles. The van der Waals surface area contributed by atoms with Gasteiger partial charge in [-0.25, -0.2) is 0 Å². The number of amides is 1. The lowest BCUT2D eigenvalue weighted by molar-refractivity contribution is -0.302. The molecule has 0 unspecified atom stereocenters. The van der Waals surface area contributed by atoms with Crippen LogP contribution in [0.3, 0.4) is 0 Å². The van der Waals surface area contributed by atoms with Crippen LogP contribution in [0.5, 0.6) is 0 Å². The lowest BCUT2D eigenvalue weighted by atomic mass is 9.99. The number of unbranched alkanes of at least 4 members (excludes halogenated alkanes) is 23. The van der Waals surface area contributed by atoms with Crippen LogP contribution in [0.1, 0.15) is 187 Å². The van der Waals surface area contributed by atoms with Gasteiger partial charge < -0.3 is 45.4 Å². The predicted octanol–water partition coefficient (Wildman–Crippen LogP) is 7.69. The highest BCUT2D eigenvalue weighted by Crippen LogP contribution is 2.22.